The number of urea groups is 1. The molecule has 2 aliphatic rings. The Kier molecular flexibility index (Phi) is 6.07. The molecule has 2 heterocycles. The van der Waals surface area contributed by atoms with Crippen LogP contribution in [0.25, 0.3) is 0 Å². The summed E-state index contributed by atoms with van der Waals surface area (Å²) in [4.78, 5) is 41.4. The molecule has 6 nitrogen and oxygen atoms in total. The Balaban J connectivity index is 1.29. The van der Waals surface area contributed by atoms with Gasteiger partial charge in [-0.05, 0) is 43.7 Å². The maximum absolute atomic E-state index is 13.1. The molecule has 2 aromatic carbocycles. The second-order valence-electron chi connectivity index (χ2n) is 8.61. The summed E-state index contributed by atoms with van der Waals surface area (Å²) in [5.41, 5.74) is 2.43. The number of hydrogen-bond donors (Lipinski definition) is 1. The number of carbonyl (C=O) groups excluding carboxylic acids is 3. The Bertz CT molecular complexity index is 948. The van der Waals surface area contributed by atoms with Crippen molar-refractivity contribution >= 4 is 17.8 Å². The molecule has 0 saturated carbocycles. The van der Waals surface area contributed by atoms with Crippen molar-refractivity contribution in [3.05, 3.63) is 71.3 Å². The van der Waals surface area contributed by atoms with Crippen molar-refractivity contribution in [1.29, 1.82) is 0 Å². The summed E-state index contributed by atoms with van der Waals surface area (Å²) in [5.74, 6) is -0.0479. The second-order valence-corrected chi connectivity index (χ2v) is 8.61. The van der Waals surface area contributed by atoms with Gasteiger partial charge in [0, 0.05) is 19.5 Å². The maximum atomic E-state index is 13.1. The van der Waals surface area contributed by atoms with E-state index in [-0.39, 0.29) is 24.4 Å². The Hall–Kier alpha value is -3.15. The fourth-order valence-electron chi connectivity index (χ4n) is 4.42. The van der Waals surface area contributed by atoms with Crippen molar-refractivity contribution in [2.45, 2.75) is 51.1 Å². The quantitative estimate of drug-likeness (QED) is 0.730. The molecule has 4 rings (SSSR count). The summed E-state index contributed by atoms with van der Waals surface area (Å²) in [6, 6.07) is 17.7. The van der Waals surface area contributed by atoms with E-state index in [1.807, 2.05) is 54.3 Å². The van der Waals surface area contributed by atoms with Crippen LogP contribution >= 0.6 is 0 Å². The molecule has 1 spiro atoms. The molecule has 2 fully saturated rings. The summed E-state index contributed by atoms with van der Waals surface area (Å²) >= 11 is 0. The van der Waals surface area contributed by atoms with Gasteiger partial charge in [0.05, 0.1) is 6.54 Å². The zero-order valence-electron chi connectivity index (χ0n) is 18.0. The van der Waals surface area contributed by atoms with Gasteiger partial charge in [-0.3, -0.25) is 14.5 Å². The van der Waals surface area contributed by atoms with Crippen LogP contribution in [0.4, 0.5) is 4.79 Å². The molecule has 6 heteroatoms. The summed E-state index contributed by atoms with van der Waals surface area (Å²) in [5, 5.41) is 2.92. The minimum atomic E-state index is -0.872. The van der Waals surface area contributed by atoms with E-state index in [2.05, 4.69) is 17.4 Å². The van der Waals surface area contributed by atoms with E-state index in [4.69, 9.17) is 0 Å². The van der Waals surface area contributed by atoms with Crippen LogP contribution in [-0.4, -0.2) is 46.3 Å². The number of nitrogens with one attached hydrogen (secondary N) is 1. The van der Waals surface area contributed by atoms with Gasteiger partial charge in [0.1, 0.15) is 5.54 Å². The van der Waals surface area contributed by atoms with Gasteiger partial charge >= 0.3 is 6.03 Å². The number of rotatable bonds is 6. The number of imide groups is 1. The van der Waals surface area contributed by atoms with Crippen LogP contribution in [0.3, 0.4) is 0 Å². The van der Waals surface area contributed by atoms with Crippen molar-refractivity contribution in [1.82, 2.24) is 15.1 Å². The second kappa shape index (κ2) is 8.92. The normalized spacial score (nSPS) is 17.8. The van der Waals surface area contributed by atoms with Gasteiger partial charge in [0.15, 0.2) is 0 Å². The molecule has 0 aromatic heterocycles. The third kappa shape index (κ3) is 4.63. The number of nitrogens with zero attached hydrogens (tertiary/aromatic N) is 2. The molecule has 0 unspecified atom stereocenters. The molecule has 4 amide bonds. The zero-order valence-corrected chi connectivity index (χ0v) is 18.0. The number of carbonyl (C=O) groups is 3. The predicted molar refractivity (Wildman–Crippen MR) is 118 cm³/mol. The first-order chi connectivity index (χ1) is 15.0. The molecule has 0 aliphatic carbocycles. The lowest BCUT2D eigenvalue weighted by atomic mass is 9.87. The topological polar surface area (TPSA) is 69.7 Å². The maximum Gasteiger partial charge on any atom is 0.325 e. The van der Waals surface area contributed by atoms with E-state index in [0.717, 1.165) is 24.0 Å². The lowest BCUT2D eigenvalue weighted by Crippen LogP contribution is -2.55. The van der Waals surface area contributed by atoms with E-state index >= 15 is 0 Å². The Morgan fingerprint density at radius 3 is 2.32 bits per heavy atom. The van der Waals surface area contributed by atoms with Crippen molar-refractivity contribution in [3.8, 4) is 0 Å². The van der Waals surface area contributed by atoms with Gasteiger partial charge in [0.25, 0.3) is 5.91 Å². The summed E-state index contributed by atoms with van der Waals surface area (Å²) < 4.78 is 0. The lowest BCUT2D eigenvalue weighted by Gasteiger charge is -2.37. The Morgan fingerprint density at radius 1 is 0.968 bits per heavy atom. The first-order valence-electron chi connectivity index (χ1n) is 11.0. The lowest BCUT2D eigenvalue weighted by molar-refractivity contribution is -0.138. The molecule has 162 valence electrons. The molecular weight excluding hydrogens is 390 g/mol. The Labute approximate surface area is 183 Å². The largest absolute Gasteiger partial charge is 0.342 e. The molecule has 1 N–H and O–H groups in total. The monoisotopic (exact) mass is 419 g/mol. The third-order valence-corrected chi connectivity index (χ3v) is 6.38. The van der Waals surface area contributed by atoms with Crippen LogP contribution in [0, 0.1) is 6.92 Å². The molecule has 2 aliphatic heterocycles. The molecule has 0 bridgehead atoms. The first-order valence-corrected chi connectivity index (χ1v) is 11.0. The summed E-state index contributed by atoms with van der Waals surface area (Å²) in [6.45, 7) is 3.27. The number of aryl methyl sites for hydroxylation is 2. The highest BCUT2D eigenvalue weighted by Gasteiger charge is 2.52. The number of likely N-dealkylation sites (tertiary alicyclic amines) is 1. The highest BCUT2D eigenvalue weighted by atomic mass is 16.2. The van der Waals surface area contributed by atoms with E-state index < -0.39 is 5.54 Å². The number of amides is 4. The number of hydrogen-bond acceptors (Lipinski definition) is 3. The molecule has 0 atom stereocenters. The van der Waals surface area contributed by atoms with Gasteiger partial charge in [-0.2, -0.15) is 0 Å². The van der Waals surface area contributed by atoms with Crippen molar-refractivity contribution in [2.75, 3.05) is 13.1 Å². The van der Waals surface area contributed by atoms with Crippen LogP contribution in [0.15, 0.2) is 54.6 Å². The summed E-state index contributed by atoms with van der Waals surface area (Å²) in [7, 11) is 0. The average molecular weight is 420 g/mol. The van der Waals surface area contributed by atoms with E-state index in [1.165, 1.54) is 10.5 Å². The minimum absolute atomic E-state index is 0.124. The fraction of sp³-hybridized carbons (Fsp3) is 0.400. The summed E-state index contributed by atoms with van der Waals surface area (Å²) in [6.07, 6.45) is 3.12. The van der Waals surface area contributed by atoms with Gasteiger partial charge in [-0.15, -0.1) is 0 Å². The smallest absolute Gasteiger partial charge is 0.325 e. The third-order valence-electron chi connectivity index (χ3n) is 6.38. The highest BCUT2D eigenvalue weighted by Crippen LogP contribution is 2.30. The van der Waals surface area contributed by atoms with Gasteiger partial charge in [-0.1, -0.05) is 60.2 Å². The van der Waals surface area contributed by atoms with Crippen LogP contribution < -0.4 is 5.32 Å². The molecule has 2 aromatic rings. The standard InChI is InChI=1S/C25H29N3O3/c1-19-10-12-21(13-11-19)18-28-23(30)25(26-24(28)31)14-16-27(17-15-25)22(29)9-5-8-20-6-3-2-4-7-20/h2-4,6-7,10-13H,5,8-9,14-18H2,1H3,(H,26,31). The molecular formula is C25H29N3O3. The number of benzene rings is 2. The molecule has 2 saturated heterocycles. The van der Waals surface area contributed by atoms with Crippen LogP contribution in [0.2, 0.25) is 0 Å². The number of piperidine rings is 1. The van der Waals surface area contributed by atoms with Gasteiger partial charge in [0.2, 0.25) is 5.91 Å². The Morgan fingerprint density at radius 2 is 1.65 bits per heavy atom. The van der Waals surface area contributed by atoms with E-state index in [1.54, 1.807) is 0 Å². The zero-order chi connectivity index (χ0) is 21.8. The average Bonchev–Trinajstić information content (AvgIpc) is 3.00. The van der Waals surface area contributed by atoms with Gasteiger partial charge < -0.3 is 10.2 Å². The van der Waals surface area contributed by atoms with Crippen LogP contribution in [0.5, 0.6) is 0 Å². The highest BCUT2D eigenvalue weighted by molar-refractivity contribution is 6.07. The fourth-order valence-corrected chi connectivity index (χ4v) is 4.42. The molecule has 31 heavy (non-hydrogen) atoms. The first kappa shape index (κ1) is 21.1. The van der Waals surface area contributed by atoms with Crippen molar-refractivity contribution in [3.63, 3.8) is 0 Å². The van der Waals surface area contributed by atoms with Crippen molar-refractivity contribution < 1.29 is 14.4 Å². The van der Waals surface area contributed by atoms with E-state index in [0.29, 0.717) is 32.4 Å². The van der Waals surface area contributed by atoms with Crippen LogP contribution in [-0.2, 0) is 22.6 Å². The predicted octanol–water partition coefficient (Wildman–Crippen LogP) is 3.43. The van der Waals surface area contributed by atoms with E-state index in [9.17, 15) is 14.4 Å². The van der Waals surface area contributed by atoms with Gasteiger partial charge in [-0.25, -0.2) is 4.79 Å². The minimum Gasteiger partial charge on any atom is -0.342 e. The molecule has 0 radical (unpaired) electrons. The SMILES string of the molecule is Cc1ccc(CN2C(=O)NC3(CCN(C(=O)CCCc4ccccc4)CC3)C2=O)cc1. The van der Waals surface area contributed by atoms with Crippen LogP contribution in [0.1, 0.15) is 42.4 Å². The van der Waals surface area contributed by atoms with Crippen molar-refractivity contribution in [2.24, 2.45) is 0 Å².